The van der Waals surface area contributed by atoms with Crippen molar-refractivity contribution < 1.29 is 18.3 Å². The van der Waals surface area contributed by atoms with Gasteiger partial charge >= 0.3 is 0 Å². The van der Waals surface area contributed by atoms with E-state index in [0.29, 0.717) is 40.5 Å². The Hall–Kier alpha value is -4.44. The van der Waals surface area contributed by atoms with Crippen LogP contribution in [0.3, 0.4) is 0 Å². The highest BCUT2D eigenvalue weighted by atomic mass is 19.1. The molecule has 1 N–H and O–H groups in total. The summed E-state index contributed by atoms with van der Waals surface area (Å²) in [6.07, 6.45) is 2.15. The topological polar surface area (TPSA) is 88.1 Å². The standard InChI is InChI=1S/C26H20FN3O3/c1-17-15-20(33-26-18(16-28)5-4-14-29-26)8-11-23(17)30-25(31)13-10-19-9-12-24(32-19)21-6-2-3-7-22(21)27/h2-9,11-12,14-15H,10,13H2,1H3,(H,30,31). The van der Waals surface area contributed by atoms with Gasteiger partial charge in [0.2, 0.25) is 11.8 Å². The van der Waals surface area contributed by atoms with Gasteiger partial charge in [0.05, 0.1) is 5.56 Å². The Bertz CT molecular complexity index is 1340. The van der Waals surface area contributed by atoms with Crippen molar-refractivity contribution >= 4 is 11.6 Å². The molecule has 0 aliphatic heterocycles. The van der Waals surface area contributed by atoms with Crippen LogP contribution in [0.1, 0.15) is 23.3 Å². The fourth-order valence-electron chi connectivity index (χ4n) is 3.28. The maximum Gasteiger partial charge on any atom is 0.237 e. The molecular weight excluding hydrogens is 421 g/mol. The fraction of sp³-hybridized carbons (Fsp3) is 0.115. The van der Waals surface area contributed by atoms with Crippen LogP contribution in [0.15, 0.2) is 77.3 Å². The number of hydrogen-bond acceptors (Lipinski definition) is 5. The summed E-state index contributed by atoms with van der Waals surface area (Å²) >= 11 is 0. The third-order valence-corrected chi connectivity index (χ3v) is 4.98. The molecule has 0 spiro atoms. The van der Waals surface area contributed by atoms with E-state index < -0.39 is 0 Å². The molecule has 2 heterocycles. The second kappa shape index (κ2) is 9.79. The van der Waals surface area contributed by atoms with Crippen molar-refractivity contribution in [1.29, 1.82) is 5.26 Å². The highest BCUT2D eigenvalue weighted by Gasteiger charge is 2.12. The summed E-state index contributed by atoms with van der Waals surface area (Å²) in [6, 6.07) is 20.4. The molecule has 164 valence electrons. The van der Waals surface area contributed by atoms with Gasteiger partial charge in [-0.3, -0.25) is 4.79 Å². The normalized spacial score (nSPS) is 10.5. The number of nitriles is 1. The van der Waals surface area contributed by atoms with E-state index in [4.69, 9.17) is 14.4 Å². The quantitative estimate of drug-likeness (QED) is 0.379. The molecule has 7 heteroatoms. The average Bonchev–Trinajstić information content (AvgIpc) is 3.29. The second-order valence-electron chi connectivity index (χ2n) is 7.34. The van der Waals surface area contributed by atoms with Crippen molar-refractivity contribution in [2.75, 3.05) is 5.32 Å². The lowest BCUT2D eigenvalue weighted by Gasteiger charge is -2.11. The number of nitrogens with zero attached hydrogens (tertiary/aromatic N) is 2. The lowest BCUT2D eigenvalue weighted by Crippen LogP contribution is -2.13. The highest BCUT2D eigenvalue weighted by Crippen LogP contribution is 2.28. The molecule has 0 fully saturated rings. The number of aromatic nitrogens is 1. The molecule has 6 nitrogen and oxygen atoms in total. The lowest BCUT2D eigenvalue weighted by molar-refractivity contribution is -0.116. The number of carbonyl (C=O) groups is 1. The molecule has 0 bridgehead atoms. The van der Waals surface area contributed by atoms with Gasteiger partial charge in [-0.15, -0.1) is 0 Å². The van der Waals surface area contributed by atoms with Crippen LogP contribution in [0.25, 0.3) is 11.3 Å². The number of pyridine rings is 1. The van der Waals surface area contributed by atoms with Gasteiger partial charge in [0, 0.05) is 24.7 Å². The Balaban J connectivity index is 1.35. The van der Waals surface area contributed by atoms with Crippen LogP contribution < -0.4 is 10.1 Å². The number of nitrogens with one attached hydrogen (secondary N) is 1. The molecule has 33 heavy (non-hydrogen) atoms. The number of carbonyl (C=O) groups excluding carboxylic acids is 1. The minimum absolute atomic E-state index is 0.174. The minimum Gasteiger partial charge on any atom is -0.461 e. The number of aryl methyl sites for hydroxylation is 2. The predicted octanol–water partition coefficient (Wildman–Crippen LogP) is 6.02. The monoisotopic (exact) mass is 441 g/mol. The predicted molar refractivity (Wildman–Crippen MR) is 121 cm³/mol. The minimum atomic E-state index is -0.356. The number of ether oxygens (including phenoxy) is 1. The van der Waals surface area contributed by atoms with Gasteiger partial charge in [0.1, 0.15) is 34.7 Å². The van der Waals surface area contributed by atoms with Crippen molar-refractivity contribution in [3.63, 3.8) is 0 Å². The Morgan fingerprint density at radius 2 is 2.00 bits per heavy atom. The maximum absolute atomic E-state index is 13.9. The van der Waals surface area contributed by atoms with Crippen molar-refractivity contribution in [2.24, 2.45) is 0 Å². The smallest absolute Gasteiger partial charge is 0.237 e. The average molecular weight is 441 g/mol. The largest absolute Gasteiger partial charge is 0.461 e. The molecule has 1 amide bonds. The van der Waals surface area contributed by atoms with Crippen molar-refractivity contribution in [1.82, 2.24) is 4.98 Å². The number of rotatable bonds is 7. The van der Waals surface area contributed by atoms with E-state index >= 15 is 0 Å². The zero-order valence-electron chi connectivity index (χ0n) is 17.8. The van der Waals surface area contributed by atoms with Crippen LogP contribution >= 0.6 is 0 Å². The molecule has 2 aromatic heterocycles. The summed E-state index contributed by atoms with van der Waals surface area (Å²) in [7, 11) is 0. The fourth-order valence-corrected chi connectivity index (χ4v) is 3.28. The number of amides is 1. The summed E-state index contributed by atoms with van der Waals surface area (Å²) in [5.74, 6) is 1.24. The van der Waals surface area contributed by atoms with Crippen molar-refractivity contribution in [2.45, 2.75) is 19.8 Å². The summed E-state index contributed by atoms with van der Waals surface area (Å²) in [6.45, 7) is 1.85. The Morgan fingerprint density at radius 3 is 2.79 bits per heavy atom. The lowest BCUT2D eigenvalue weighted by atomic mass is 10.1. The van der Waals surface area contributed by atoms with Gasteiger partial charge in [-0.05, 0) is 67.1 Å². The Kier molecular flexibility index (Phi) is 6.46. The maximum atomic E-state index is 13.9. The van der Waals surface area contributed by atoms with Crippen LogP contribution in [0.2, 0.25) is 0 Å². The molecule has 4 aromatic rings. The first kappa shape index (κ1) is 21.8. The van der Waals surface area contributed by atoms with Crippen molar-refractivity contribution in [3.05, 3.63) is 95.6 Å². The molecule has 0 aliphatic carbocycles. The number of benzene rings is 2. The van der Waals surface area contributed by atoms with Gasteiger partial charge in [0.15, 0.2) is 0 Å². The Morgan fingerprint density at radius 1 is 1.15 bits per heavy atom. The molecule has 0 aliphatic rings. The second-order valence-corrected chi connectivity index (χ2v) is 7.34. The van der Waals surface area contributed by atoms with Gasteiger partial charge in [-0.2, -0.15) is 5.26 Å². The summed E-state index contributed by atoms with van der Waals surface area (Å²) in [5.41, 5.74) is 2.18. The van der Waals surface area contributed by atoms with Crippen LogP contribution in [0, 0.1) is 24.1 Å². The van der Waals surface area contributed by atoms with Crippen LogP contribution in [0.4, 0.5) is 10.1 Å². The number of furan rings is 1. The molecular formula is C26H20FN3O3. The van der Waals surface area contributed by atoms with E-state index in [1.54, 1.807) is 66.9 Å². The first-order valence-corrected chi connectivity index (χ1v) is 10.3. The van der Waals surface area contributed by atoms with Crippen LogP contribution in [-0.4, -0.2) is 10.9 Å². The summed E-state index contributed by atoms with van der Waals surface area (Å²) < 4.78 is 25.3. The zero-order valence-corrected chi connectivity index (χ0v) is 17.8. The van der Waals surface area contributed by atoms with E-state index in [0.717, 1.165) is 5.56 Å². The van der Waals surface area contributed by atoms with Gasteiger partial charge in [0.25, 0.3) is 0 Å². The zero-order chi connectivity index (χ0) is 23.2. The molecule has 2 aromatic carbocycles. The molecule has 0 unspecified atom stereocenters. The van der Waals surface area contributed by atoms with Crippen LogP contribution in [-0.2, 0) is 11.2 Å². The summed E-state index contributed by atoms with van der Waals surface area (Å²) in [5, 5.41) is 12.0. The third-order valence-electron chi connectivity index (χ3n) is 4.98. The SMILES string of the molecule is Cc1cc(Oc2ncccc2C#N)ccc1NC(=O)CCc1ccc(-c2ccccc2F)o1. The molecule has 0 saturated heterocycles. The molecule has 0 atom stereocenters. The van der Waals surface area contributed by atoms with E-state index in [1.807, 2.05) is 13.0 Å². The van der Waals surface area contributed by atoms with Crippen LogP contribution in [0.5, 0.6) is 11.6 Å². The molecule has 0 radical (unpaired) electrons. The highest BCUT2D eigenvalue weighted by molar-refractivity contribution is 5.91. The van der Waals surface area contributed by atoms with E-state index in [9.17, 15) is 9.18 Å². The van der Waals surface area contributed by atoms with Gasteiger partial charge in [-0.1, -0.05) is 12.1 Å². The Labute approximate surface area is 190 Å². The first-order chi connectivity index (χ1) is 16.0. The molecule has 4 rings (SSSR count). The van der Waals surface area contributed by atoms with E-state index in [1.165, 1.54) is 6.07 Å². The van der Waals surface area contributed by atoms with Gasteiger partial charge < -0.3 is 14.5 Å². The number of anilines is 1. The number of halogens is 1. The van der Waals surface area contributed by atoms with E-state index in [2.05, 4.69) is 10.3 Å². The molecule has 0 saturated carbocycles. The summed E-state index contributed by atoms with van der Waals surface area (Å²) in [4.78, 5) is 16.5. The van der Waals surface area contributed by atoms with Crippen molar-refractivity contribution in [3.8, 4) is 29.0 Å². The van der Waals surface area contributed by atoms with Gasteiger partial charge in [-0.25, -0.2) is 9.37 Å². The third kappa shape index (κ3) is 5.25. The van der Waals surface area contributed by atoms with E-state index in [-0.39, 0.29) is 24.0 Å². The number of hydrogen-bond donors (Lipinski definition) is 1. The first-order valence-electron chi connectivity index (χ1n) is 10.3.